The molecule has 114 valence electrons. The summed E-state index contributed by atoms with van der Waals surface area (Å²) < 4.78 is 37.3. The van der Waals surface area contributed by atoms with Crippen LogP contribution in [0.3, 0.4) is 0 Å². The Hall–Kier alpha value is -2.05. The number of carbonyl (C=O) groups excluding carboxylic acids is 1. The van der Waals surface area contributed by atoms with Gasteiger partial charge in [-0.25, -0.2) is 4.79 Å². The predicted octanol–water partition coefficient (Wildman–Crippen LogP) is 3.28. The molecule has 2 rings (SSSR count). The zero-order valence-corrected chi connectivity index (χ0v) is 11.1. The van der Waals surface area contributed by atoms with E-state index >= 15 is 0 Å². The smallest absolute Gasteiger partial charge is 0.416 e. The van der Waals surface area contributed by atoms with Gasteiger partial charge in [-0.15, -0.1) is 0 Å². The van der Waals surface area contributed by atoms with Gasteiger partial charge in [-0.2, -0.15) is 13.2 Å². The zero-order chi connectivity index (χ0) is 15.6. The van der Waals surface area contributed by atoms with Crippen molar-refractivity contribution in [3.63, 3.8) is 0 Å². The number of ketones is 1. The van der Waals surface area contributed by atoms with Crippen molar-refractivity contribution in [3.8, 4) is 0 Å². The van der Waals surface area contributed by atoms with Gasteiger partial charge in [0.15, 0.2) is 5.78 Å². The molecule has 0 aromatic heterocycles. The lowest BCUT2D eigenvalue weighted by Crippen LogP contribution is -2.39. The van der Waals surface area contributed by atoms with Gasteiger partial charge in [-0.05, 0) is 25.0 Å². The summed E-state index contributed by atoms with van der Waals surface area (Å²) in [5, 5.41) is 8.82. The fourth-order valence-electron chi connectivity index (χ4n) is 2.39. The molecule has 0 spiro atoms. The summed E-state index contributed by atoms with van der Waals surface area (Å²) in [6, 6.07) is 4.13. The van der Waals surface area contributed by atoms with Crippen molar-refractivity contribution in [1.82, 2.24) is 4.90 Å². The van der Waals surface area contributed by atoms with E-state index in [1.54, 1.807) is 0 Å². The molecule has 0 radical (unpaired) electrons. The number of rotatable bonds is 2. The Morgan fingerprint density at radius 2 is 1.62 bits per heavy atom. The average Bonchev–Trinajstić information content (AvgIpc) is 2.46. The van der Waals surface area contributed by atoms with Crippen molar-refractivity contribution in [3.05, 3.63) is 35.4 Å². The molecule has 1 aromatic rings. The van der Waals surface area contributed by atoms with Crippen molar-refractivity contribution in [1.29, 1.82) is 0 Å². The van der Waals surface area contributed by atoms with Gasteiger partial charge in [0.1, 0.15) is 0 Å². The van der Waals surface area contributed by atoms with Crippen LogP contribution in [0.2, 0.25) is 0 Å². The minimum Gasteiger partial charge on any atom is -0.465 e. The Labute approximate surface area is 119 Å². The highest BCUT2D eigenvalue weighted by Crippen LogP contribution is 2.30. The number of likely N-dealkylation sites (tertiary alicyclic amines) is 1. The molecule has 1 fully saturated rings. The number of benzene rings is 1. The van der Waals surface area contributed by atoms with Gasteiger partial charge in [0.2, 0.25) is 0 Å². The summed E-state index contributed by atoms with van der Waals surface area (Å²) >= 11 is 0. The standard InChI is InChI=1S/C14H14F3NO3/c15-14(16,17)11-3-1-9(2-4-11)12(19)10-5-7-18(8-6-10)13(20)21/h1-4,10H,5-8H2,(H,20,21). The van der Waals surface area contributed by atoms with E-state index < -0.39 is 17.8 Å². The quantitative estimate of drug-likeness (QED) is 0.853. The second kappa shape index (κ2) is 5.75. The van der Waals surface area contributed by atoms with Crippen LogP contribution in [0, 0.1) is 5.92 Å². The highest BCUT2D eigenvalue weighted by molar-refractivity contribution is 5.98. The summed E-state index contributed by atoms with van der Waals surface area (Å²) in [5.41, 5.74) is -0.559. The Kier molecular flexibility index (Phi) is 4.20. The Morgan fingerprint density at radius 3 is 2.05 bits per heavy atom. The molecule has 0 atom stereocenters. The third-order valence-corrected chi connectivity index (χ3v) is 3.63. The molecule has 4 nitrogen and oxygen atoms in total. The summed E-state index contributed by atoms with van der Waals surface area (Å²) in [6.07, 6.45) is -4.65. The van der Waals surface area contributed by atoms with Gasteiger partial charge in [-0.3, -0.25) is 4.79 Å². The van der Waals surface area contributed by atoms with Gasteiger partial charge < -0.3 is 10.0 Å². The van der Waals surface area contributed by atoms with E-state index in [2.05, 4.69) is 0 Å². The van der Waals surface area contributed by atoms with Crippen LogP contribution in [0.5, 0.6) is 0 Å². The van der Waals surface area contributed by atoms with E-state index in [-0.39, 0.29) is 30.4 Å². The minimum atomic E-state index is -4.42. The highest BCUT2D eigenvalue weighted by Gasteiger charge is 2.31. The van der Waals surface area contributed by atoms with Crippen LogP contribution >= 0.6 is 0 Å². The van der Waals surface area contributed by atoms with Crippen LogP contribution in [-0.2, 0) is 6.18 Å². The first kappa shape index (κ1) is 15.3. The summed E-state index contributed by atoms with van der Waals surface area (Å²) in [7, 11) is 0. The number of halogens is 3. The van der Waals surface area contributed by atoms with Crippen molar-refractivity contribution in [2.45, 2.75) is 19.0 Å². The van der Waals surface area contributed by atoms with Crippen molar-refractivity contribution >= 4 is 11.9 Å². The molecular weight excluding hydrogens is 287 g/mol. The average molecular weight is 301 g/mol. The lowest BCUT2D eigenvalue weighted by atomic mass is 9.89. The Balaban J connectivity index is 2.03. The topological polar surface area (TPSA) is 57.6 Å². The minimum absolute atomic E-state index is 0.228. The van der Waals surface area contributed by atoms with E-state index in [4.69, 9.17) is 5.11 Å². The van der Waals surface area contributed by atoms with Gasteiger partial charge in [0, 0.05) is 24.6 Å². The van der Waals surface area contributed by atoms with E-state index in [1.165, 1.54) is 17.0 Å². The van der Waals surface area contributed by atoms with Crippen molar-refractivity contribution in [2.75, 3.05) is 13.1 Å². The third kappa shape index (κ3) is 3.53. The van der Waals surface area contributed by atoms with Crippen LogP contribution in [-0.4, -0.2) is 35.0 Å². The summed E-state index contributed by atoms with van der Waals surface area (Å²) in [5.74, 6) is -0.564. The summed E-state index contributed by atoms with van der Waals surface area (Å²) in [6.45, 7) is 0.540. The van der Waals surface area contributed by atoms with Gasteiger partial charge >= 0.3 is 12.3 Å². The second-order valence-electron chi connectivity index (χ2n) is 4.98. The number of nitrogens with zero attached hydrogens (tertiary/aromatic N) is 1. The number of carboxylic acid groups (broad SMARTS) is 1. The first-order chi connectivity index (χ1) is 9.79. The number of hydrogen-bond acceptors (Lipinski definition) is 2. The number of piperidine rings is 1. The number of carbonyl (C=O) groups is 2. The SMILES string of the molecule is O=C(c1ccc(C(F)(F)F)cc1)C1CCN(C(=O)O)CC1. The fraction of sp³-hybridized carbons (Fsp3) is 0.429. The maximum absolute atomic E-state index is 12.4. The van der Waals surface area contributed by atoms with Gasteiger partial charge in [-0.1, -0.05) is 12.1 Å². The number of alkyl halides is 3. The van der Waals surface area contributed by atoms with Crippen molar-refractivity contribution in [2.24, 2.45) is 5.92 Å². The molecule has 7 heteroatoms. The van der Waals surface area contributed by atoms with E-state index in [9.17, 15) is 22.8 Å². The Morgan fingerprint density at radius 1 is 1.10 bits per heavy atom. The first-order valence-electron chi connectivity index (χ1n) is 6.48. The largest absolute Gasteiger partial charge is 0.465 e. The second-order valence-corrected chi connectivity index (χ2v) is 4.98. The maximum atomic E-state index is 12.4. The fourth-order valence-corrected chi connectivity index (χ4v) is 2.39. The molecule has 0 bridgehead atoms. The molecule has 0 aliphatic carbocycles. The summed E-state index contributed by atoms with van der Waals surface area (Å²) in [4.78, 5) is 24.2. The molecule has 0 unspecified atom stereocenters. The molecule has 1 N–H and O–H groups in total. The molecule has 1 amide bonds. The number of amides is 1. The van der Waals surface area contributed by atoms with Crippen molar-refractivity contribution < 1.29 is 27.9 Å². The molecule has 1 aromatic carbocycles. The van der Waals surface area contributed by atoms with Crippen LogP contribution in [0.4, 0.5) is 18.0 Å². The molecular formula is C14H14F3NO3. The number of hydrogen-bond donors (Lipinski definition) is 1. The maximum Gasteiger partial charge on any atom is 0.416 e. The van der Waals surface area contributed by atoms with Crippen LogP contribution in [0.15, 0.2) is 24.3 Å². The number of Topliss-reactive ketones (excluding diaryl/α,β-unsaturated/α-hetero) is 1. The van der Waals surface area contributed by atoms with Gasteiger partial charge in [0.05, 0.1) is 5.56 Å². The molecule has 1 aliphatic heterocycles. The lowest BCUT2D eigenvalue weighted by Gasteiger charge is -2.29. The molecule has 21 heavy (non-hydrogen) atoms. The Bertz CT molecular complexity index is 531. The van der Waals surface area contributed by atoms with E-state index in [0.717, 1.165) is 12.1 Å². The zero-order valence-electron chi connectivity index (χ0n) is 11.1. The third-order valence-electron chi connectivity index (χ3n) is 3.63. The molecule has 1 heterocycles. The van der Waals surface area contributed by atoms with E-state index in [1.807, 2.05) is 0 Å². The molecule has 1 saturated heterocycles. The van der Waals surface area contributed by atoms with Crippen LogP contribution < -0.4 is 0 Å². The lowest BCUT2D eigenvalue weighted by molar-refractivity contribution is -0.137. The molecule has 0 saturated carbocycles. The highest BCUT2D eigenvalue weighted by atomic mass is 19.4. The first-order valence-corrected chi connectivity index (χ1v) is 6.48. The van der Waals surface area contributed by atoms with Gasteiger partial charge in [0.25, 0.3) is 0 Å². The van der Waals surface area contributed by atoms with E-state index in [0.29, 0.717) is 12.8 Å². The predicted molar refractivity (Wildman–Crippen MR) is 68.1 cm³/mol. The molecule has 1 aliphatic rings. The normalized spacial score (nSPS) is 16.8. The monoisotopic (exact) mass is 301 g/mol. The van der Waals surface area contributed by atoms with Crippen LogP contribution in [0.1, 0.15) is 28.8 Å². The van der Waals surface area contributed by atoms with Crippen LogP contribution in [0.25, 0.3) is 0 Å².